The maximum Gasteiger partial charge on any atom is 0.108 e. The van der Waals surface area contributed by atoms with E-state index in [2.05, 4.69) is 10.0 Å². The monoisotopic (exact) mass is 207 g/mol. The third-order valence-electron chi connectivity index (χ3n) is 1.71. The molecule has 0 fully saturated rings. The number of nitrogens with zero attached hydrogens (tertiary/aromatic N) is 3. The molecular formula is C6H13N3O5. The quantitative estimate of drug-likeness (QED) is 0.189. The van der Waals surface area contributed by atoms with Gasteiger partial charge in [0.2, 0.25) is 0 Å². The molecule has 4 atom stereocenters. The highest BCUT2D eigenvalue weighted by Crippen LogP contribution is 2.07. The summed E-state index contributed by atoms with van der Waals surface area (Å²) in [6.07, 6.45) is -4.85. The second-order valence-electron chi connectivity index (χ2n) is 2.69. The van der Waals surface area contributed by atoms with Crippen LogP contribution in [-0.2, 0) is 0 Å². The highest BCUT2D eigenvalue weighted by molar-refractivity contribution is 4.84. The molecule has 0 heterocycles. The van der Waals surface area contributed by atoms with Gasteiger partial charge in [-0.05, 0) is 5.53 Å². The normalized spacial score (nSPS) is 19.2. The second kappa shape index (κ2) is 6.55. The zero-order chi connectivity index (χ0) is 11.1. The number of hydrogen-bond donors (Lipinski definition) is 5. The zero-order valence-electron chi connectivity index (χ0n) is 7.30. The zero-order valence-corrected chi connectivity index (χ0v) is 7.30. The lowest BCUT2D eigenvalue weighted by Gasteiger charge is -2.24. The van der Waals surface area contributed by atoms with Gasteiger partial charge in [-0.25, -0.2) is 0 Å². The van der Waals surface area contributed by atoms with Crippen LogP contribution in [0.1, 0.15) is 0 Å². The van der Waals surface area contributed by atoms with Gasteiger partial charge in [0.25, 0.3) is 0 Å². The van der Waals surface area contributed by atoms with Crippen molar-refractivity contribution in [2.45, 2.75) is 24.4 Å². The van der Waals surface area contributed by atoms with Gasteiger partial charge in [-0.1, -0.05) is 5.11 Å². The molecular weight excluding hydrogens is 194 g/mol. The molecule has 0 saturated carbocycles. The van der Waals surface area contributed by atoms with E-state index in [1.165, 1.54) is 0 Å². The Labute approximate surface area is 79.7 Å². The Morgan fingerprint density at radius 2 is 1.64 bits per heavy atom. The lowest BCUT2D eigenvalue weighted by Crippen LogP contribution is -2.46. The second-order valence-corrected chi connectivity index (χ2v) is 2.69. The van der Waals surface area contributed by atoms with Crippen molar-refractivity contribution in [1.29, 1.82) is 0 Å². The number of rotatable bonds is 6. The Morgan fingerprint density at radius 1 is 1.07 bits per heavy atom. The van der Waals surface area contributed by atoms with E-state index in [-0.39, 0.29) is 0 Å². The van der Waals surface area contributed by atoms with Crippen molar-refractivity contribution >= 4 is 0 Å². The first kappa shape index (κ1) is 13.1. The van der Waals surface area contributed by atoms with Crippen LogP contribution in [0.5, 0.6) is 0 Å². The predicted molar refractivity (Wildman–Crippen MR) is 45.1 cm³/mol. The summed E-state index contributed by atoms with van der Waals surface area (Å²) in [6.45, 7) is -1.41. The fraction of sp³-hybridized carbons (Fsp3) is 1.00. The van der Waals surface area contributed by atoms with Gasteiger partial charge in [0.1, 0.15) is 12.2 Å². The largest absolute Gasteiger partial charge is 0.396 e. The molecule has 0 aromatic heterocycles. The van der Waals surface area contributed by atoms with E-state index in [1.807, 2.05) is 0 Å². The first-order chi connectivity index (χ1) is 6.58. The van der Waals surface area contributed by atoms with E-state index in [4.69, 9.17) is 26.0 Å². The molecule has 0 aliphatic heterocycles. The Kier molecular flexibility index (Phi) is 6.13. The summed E-state index contributed by atoms with van der Waals surface area (Å²) < 4.78 is 0. The standard InChI is InChI=1S/C6H13N3O5/c7-9-8-3(1-10)5(13)6(14)4(12)2-11/h3-6,10-14H,1-2H2/t3-,4+,5+,6+/m0/s1. The average molecular weight is 207 g/mol. The van der Waals surface area contributed by atoms with Crippen LogP contribution >= 0.6 is 0 Å². The lowest BCUT2D eigenvalue weighted by molar-refractivity contribution is -0.0872. The minimum atomic E-state index is -1.68. The smallest absolute Gasteiger partial charge is 0.108 e. The lowest BCUT2D eigenvalue weighted by atomic mass is 10.0. The average Bonchev–Trinajstić information content (AvgIpc) is 2.22. The molecule has 0 radical (unpaired) electrons. The first-order valence-electron chi connectivity index (χ1n) is 3.88. The highest BCUT2D eigenvalue weighted by atomic mass is 16.4. The van der Waals surface area contributed by atoms with Crippen LogP contribution in [0.25, 0.3) is 10.4 Å². The summed E-state index contributed by atoms with van der Waals surface area (Å²) >= 11 is 0. The van der Waals surface area contributed by atoms with Crippen LogP contribution < -0.4 is 0 Å². The summed E-state index contributed by atoms with van der Waals surface area (Å²) in [5.74, 6) is 0. The Morgan fingerprint density at radius 3 is 2.00 bits per heavy atom. The molecule has 0 aliphatic rings. The Balaban J connectivity index is 4.40. The van der Waals surface area contributed by atoms with Crippen LogP contribution in [0.15, 0.2) is 5.11 Å². The van der Waals surface area contributed by atoms with Crippen LogP contribution in [-0.4, -0.2) is 63.1 Å². The van der Waals surface area contributed by atoms with Gasteiger partial charge in [-0.3, -0.25) is 0 Å². The highest BCUT2D eigenvalue weighted by Gasteiger charge is 2.29. The molecule has 0 unspecified atom stereocenters. The van der Waals surface area contributed by atoms with Crippen molar-refractivity contribution in [2.24, 2.45) is 5.11 Å². The molecule has 0 saturated heterocycles. The third kappa shape index (κ3) is 3.46. The van der Waals surface area contributed by atoms with Crippen molar-refractivity contribution < 1.29 is 25.5 Å². The Bertz CT molecular complexity index is 208. The fourth-order valence-corrected chi connectivity index (χ4v) is 0.842. The molecule has 0 aromatic carbocycles. The topological polar surface area (TPSA) is 150 Å². The molecule has 8 heteroatoms. The van der Waals surface area contributed by atoms with E-state index in [9.17, 15) is 5.11 Å². The molecule has 5 N–H and O–H groups in total. The SMILES string of the molecule is [N-]=[N+]=N[C@@H](CO)[C@@H](O)[C@H](O)[C@H](O)CO. The number of hydrogen-bond acceptors (Lipinski definition) is 6. The minimum Gasteiger partial charge on any atom is -0.396 e. The number of azide groups is 1. The van der Waals surface area contributed by atoms with Gasteiger partial charge >= 0.3 is 0 Å². The van der Waals surface area contributed by atoms with Crippen molar-refractivity contribution in [3.63, 3.8) is 0 Å². The van der Waals surface area contributed by atoms with Gasteiger partial charge in [0.15, 0.2) is 0 Å². The van der Waals surface area contributed by atoms with E-state index in [1.54, 1.807) is 0 Å². The van der Waals surface area contributed by atoms with Gasteiger partial charge in [-0.2, -0.15) is 0 Å². The van der Waals surface area contributed by atoms with E-state index >= 15 is 0 Å². The van der Waals surface area contributed by atoms with E-state index in [0.717, 1.165) is 0 Å². The van der Waals surface area contributed by atoms with Gasteiger partial charge < -0.3 is 25.5 Å². The minimum absolute atomic E-state index is 0.666. The summed E-state index contributed by atoms with van der Waals surface area (Å²) in [5.41, 5.74) is 8.04. The van der Waals surface area contributed by atoms with Crippen molar-refractivity contribution in [1.82, 2.24) is 0 Å². The first-order valence-corrected chi connectivity index (χ1v) is 3.88. The van der Waals surface area contributed by atoms with E-state index < -0.39 is 37.6 Å². The molecule has 0 rings (SSSR count). The maximum absolute atomic E-state index is 9.26. The molecule has 0 spiro atoms. The molecule has 0 aromatic rings. The van der Waals surface area contributed by atoms with Gasteiger partial charge in [0, 0.05) is 4.91 Å². The van der Waals surface area contributed by atoms with Crippen molar-refractivity contribution in [2.75, 3.05) is 13.2 Å². The molecule has 82 valence electrons. The van der Waals surface area contributed by atoms with Crippen molar-refractivity contribution in [3.05, 3.63) is 10.4 Å². The van der Waals surface area contributed by atoms with Crippen LogP contribution in [0.4, 0.5) is 0 Å². The molecule has 0 aliphatic carbocycles. The molecule has 14 heavy (non-hydrogen) atoms. The Hall–Kier alpha value is -0.890. The van der Waals surface area contributed by atoms with E-state index in [0.29, 0.717) is 0 Å². The molecule has 0 amide bonds. The third-order valence-corrected chi connectivity index (χ3v) is 1.71. The van der Waals surface area contributed by atoms with Gasteiger partial charge in [-0.15, -0.1) is 0 Å². The number of aliphatic hydroxyl groups excluding tert-OH is 5. The van der Waals surface area contributed by atoms with Gasteiger partial charge in [0.05, 0.1) is 25.4 Å². The fourth-order valence-electron chi connectivity index (χ4n) is 0.842. The van der Waals surface area contributed by atoms with Crippen LogP contribution in [0, 0.1) is 0 Å². The predicted octanol–water partition coefficient (Wildman–Crippen LogP) is -2.27. The van der Waals surface area contributed by atoms with Crippen LogP contribution in [0.3, 0.4) is 0 Å². The summed E-state index contributed by atoms with van der Waals surface area (Å²) in [5, 5.41) is 47.5. The number of aliphatic hydroxyl groups is 5. The maximum atomic E-state index is 9.26. The van der Waals surface area contributed by atoms with Crippen molar-refractivity contribution in [3.8, 4) is 0 Å². The van der Waals surface area contributed by atoms with Crippen LogP contribution in [0.2, 0.25) is 0 Å². The summed E-state index contributed by atoms with van der Waals surface area (Å²) in [6, 6.07) is -1.25. The molecule has 0 bridgehead atoms. The summed E-state index contributed by atoms with van der Waals surface area (Å²) in [7, 11) is 0. The summed E-state index contributed by atoms with van der Waals surface area (Å²) in [4.78, 5) is 2.35. The molecule has 8 nitrogen and oxygen atoms in total.